The second-order valence-electron chi connectivity index (χ2n) is 8.98. The van der Waals surface area contributed by atoms with E-state index >= 15 is 0 Å². The molecule has 0 fully saturated rings. The molecule has 0 radical (unpaired) electrons. The number of aliphatic hydroxyl groups is 1. The molecule has 0 aliphatic rings. The number of para-hydroxylation sites is 1. The average Bonchev–Trinajstić information content (AvgIpc) is 2.69. The van der Waals surface area contributed by atoms with Crippen LogP contribution in [-0.4, -0.2) is 29.3 Å². The number of anilines is 1. The van der Waals surface area contributed by atoms with Gasteiger partial charge in [0.05, 0.1) is 5.56 Å². The third kappa shape index (κ3) is 5.87. The number of aromatic carboxylic acids is 1. The lowest BCUT2D eigenvalue weighted by Gasteiger charge is -2.34. The van der Waals surface area contributed by atoms with Gasteiger partial charge >= 0.3 is 5.97 Å². The molecule has 0 saturated carbocycles. The van der Waals surface area contributed by atoms with Crippen molar-refractivity contribution in [2.24, 2.45) is 5.92 Å². The molecular formula is C26H33NO3. The van der Waals surface area contributed by atoms with E-state index < -0.39 is 12.1 Å². The van der Waals surface area contributed by atoms with E-state index in [9.17, 15) is 9.90 Å². The van der Waals surface area contributed by atoms with Crippen molar-refractivity contribution in [3.8, 4) is 11.8 Å². The topological polar surface area (TPSA) is 60.8 Å². The number of rotatable bonds is 6. The van der Waals surface area contributed by atoms with Gasteiger partial charge in [0.1, 0.15) is 6.10 Å². The van der Waals surface area contributed by atoms with Crippen molar-refractivity contribution < 1.29 is 15.0 Å². The van der Waals surface area contributed by atoms with Gasteiger partial charge in [-0.2, -0.15) is 0 Å². The van der Waals surface area contributed by atoms with Gasteiger partial charge in [-0.3, -0.25) is 0 Å². The fourth-order valence-corrected chi connectivity index (χ4v) is 3.49. The molecule has 0 aromatic heterocycles. The Bertz CT molecular complexity index is 927. The zero-order valence-corrected chi connectivity index (χ0v) is 18.9. The summed E-state index contributed by atoms with van der Waals surface area (Å²) in [5, 5.41) is 20.0. The molecule has 0 aliphatic heterocycles. The molecule has 0 amide bonds. The molecule has 4 nitrogen and oxygen atoms in total. The summed E-state index contributed by atoms with van der Waals surface area (Å²) >= 11 is 0. The van der Waals surface area contributed by atoms with Crippen LogP contribution in [0, 0.1) is 17.8 Å². The molecule has 2 aromatic rings. The molecule has 2 N–H and O–H groups in total. The van der Waals surface area contributed by atoms with Crippen molar-refractivity contribution in [2.45, 2.75) is 53.1 Å². The zero-order chi connectivity index (χ0) is 22.5. The van der Waals surface area contributed by atoms with E-state index in [0.29, 0.717) is 11.5 Å². The Labute approximate surface area is 180 Å². The van der Waals surface area contributed by atoms with Gasteiger partial charge in [0.25, 0.3) is 0 Å². The van der Waals surface area contributed by atoms with Crippen LogP contribution in [0.15, 0.2) is 42.5 Å². The van der Waals surface area contributed by atoms with E-state index in [-0.39, 0.29) is 11.0 Å². The van der Waals surface area contributed by atoms with Crippen LogP contribution in [0.4, 0.5) is 5.69 Å². The second kappa shape index (κ2) is 9.82. The van der Waals surface area contributed by atoms with E-state index in [1.807, 2.05) is 12.1 Å². The number of hydrogen-bond donors (Lipinski definition) is 2. The van der Waals surface area contributed by atoms with Crippen molar-refractivity contribution >= 4 is 11.7 Å². The maximum atomic E-state index is 11.0. The quantitative estimate of drug-likeness (QED) is 0.642. The van der Waals surface area contributed by atoms with Crippen molar-refractivity contribution in [1.29, 1.82) is 0 Å². The molecule has 2 rings (SSSR count). The van der Waals surface area contributed by atoms with Gasteiger partial charge in [-0.15, -0.1) is 0 Å². The Morgan fingerprint density at radius 2 is 1.73 bits per heavy atom. The first-order valence-electron chi connectivity index (χ1n) is 10.5. The average molecular weight is 408 g/mol. The van der Waals surface area contributed by atoms with E-state index in [1.165, 1.54) is 17.7 Å². The summed E-state index contributed by atoms with van der Waals surface area (Å²) in [6.07, 6.45) is -0.942. The Balaban J connectivity index is 2.48. The summed E-state index contributed by atoms with van der Waals surface area (Å²) in [6, 6.07) is 12.4. The molecule has 160 valence electrons. The lowest BCUT2D eigenvalue weighted by Crippen LogP contribution is -2.31. The van der Waals surface area contributed by atoms with Gasteiger partial charge in [-0.05, 0) is 48.1 Å². The molecular weight excluding hydrogens is 374 g/mol. The molecule has 0 spiro atoms. The molecule has 0 saturated heterocycles. The number of carbonyl (C=O) groups is 1. The largest absolute Gasteiger partial charge is 0.478 e. The first kappa shape index (κ1) is 23.5. The minimum atomic E-state index is -0.969. The normalized spacial score (nSPS) is 12.3. The van der Waals surface area contributed by atoms with Crippen LogP contribution in [0.3, 0.4) is 0 Å². The lowest BCUT2D eigenvalue weighted by atomic mass is 9.83. The third-order valence-corrected chi connectivity index (χ3v) is 4.94. The van der Waals surface area contributed by atoms with Gasteiger partial charge in [0.15, 0.2) is 0 Å². The first-order valence-corrected chi connectivity index (χ1v) is 10.5. The van der Waals surface area contributed by atoms with Gasteiger partial charge in [-0.1, -0.05) is 64.7 Å². The Morgan fingerprint density at radius 3 is 2.23 bits per heavy atom. The number of carboxylic acid groups (broad SMARTS) is 1. The van der Waals surface area contributed by atoms with Crippen LogP contribution in [0.25, 0.3) is 0 Å². The van der Waals surface area contributed by atoms with Crippen molar-refractivity contribution in [3.63, 3.8) is 0 Å². The number of benzene rings is 2. The van der Waals surface area contributed by atoms with E-state index in [2.05, 4.69) is 64.3 Å². The maximum absolute atomic E-state index is 11.0. The van der Waals surface area contributed by atoms with Crippen LogP contribution in [0.1, 0.15) is 74.7 Å². The zero-order valence-electron chi connectivity index (χ0n) is 18.9. The van der Waals surface area contributed by atoms with Crippen LogP contribution in [0.5, 0.6) is 0 Å². The summed E-state index contributed by atoms with van der Waals surface area (Å²) < 4.78 is 0. The maximum Gasteiger partial charge on any atom is 0.335 e. The van der Waals surface area contributed by atoms with Crippen LogP contribution in [-0.2, 0) is 5.41 Å². The molecule has 1 atom stereocenters. The fraction of sp³-hybridized carbons (Fsp3) is 0.423. The second-order valence-corrected chi connectivity index (χ2v) is 8.98. The van der Waals surface area contributed by atoms with Gasteiger partial charge in [0, 0.05) is 29.9 Å². The molecule has 1 unspecified atom stereocenters. The summed E-state index contributed by atoms with van der Waals surface area (Å²) in [5.41, 5.74) is 3.86. The molecule has 4 heteroatoms. The highest BCUT2D eigenvalue weighted by atomic mass is 16.4. The molecule has 0 heterocycles. The van der Waals surface area contributed by atoms with E-state index in [0.717, 1.165) is 24.3 Å². The molecule has 0 bridgehead atoms. The van der Waals surface area contributed by atoms with E-state index in [4.69, 9.17) is 5.11 Å². The van der Waals surface area contributed by atoms with Crippen molar-refractivity contribution in [3.05, 3.63) is 64.7 Å². The predicted octanol–water partition coefficient (Wildman–Crippen LogP) is 5.25. The van der Waals surface area contributed by atoms with Crippen LogP contribution in [0.2, 0.25) is 0 Å². The lowest BCUT2D eigenvalue weighted by molar-refractivity contribution is 0.0697. The van der Waals surface area contributed by atoms with Gasteiger partial charge in [0.2, 0.25) is 0 Å². The minimum Gasteiger partial charge on any atom is -0.478 e. The summed E-state index contributed by atoms with van der Waals surface area (Å²) in [7, 11) is 0. The van der Waals surface area contributed by atoms with Gasteiger partial charge < -0.3 is 15.1 Å². The standard InChI is InChI=1S/C26H33NO3/c1-7-27(17-18(2)3)24-21(9-8-10-22(24)26(4,5)6)23(28)16-13-19-11-14-20(15-12-19)25(29)30/h8-12,14-15,18,23,28H,7,17H2,1-6H3,(H,29,30). The third-order valence-electron chi connectivity index (χ3n) is 4.94. The predicted molar refractivity (Wildman–Crippen MR) is 123 cm³/mol. The summed E-state index contributed by atoms with van der Waals surface area (Å²) in [4.78, 5) is 13.3. The highest BCUT2D eigenvalue weighted by molar-refractivity contribution is 5.87. The Morgan fingerprint density at radius 1 is 1.10 bits per heavy atom. The monoisotopic (exact) mass is 407 g/mol. The SMILES string of the molecule is CCN(CC(C)C)c1c(C(O)C#Cc2ccc(C(=O)O)cc2)cccc1C(C)(C)C. The molecule has 30 heavy (non-hydrogen) atoms. The van der Waals surface area contributed by atoms with Crippen molar-refractivity contribution in [2.75, 3.05) is 18.0 Å². The van der Waals surface area contributed by atoms with E-state index in [1.54, 1.807) is 12.1 Å². The van der Waals surface area contributed by atoms with Crippen molar-refractivity contribution in [1.82, 2.24) is 0 Å². The highest BCUT2D eigenvalue weighted by Gasteiger charge is 2.25. The fourth-order valence-electron chi connectivity index (χ4n) is 3.49. The summed E-state index contributed by atoms with van der Waals surface area (Å²) in [6.45, 7) is 14.8. The Hall–Kier alpha value is -2.77. The number of hydrogen-bond acceptors (Lipinski definition) is 3. The summed E-state index contributed by atoms with van der Waals surface area (Å²) in [5.74, 6) is 5.45. The highest BCUT2D eigenvalue weighted by Crippen LogP contribution is 2.37. The van der Waals surface area contributed by atoms with Crippen LogP contribution < -0.4 is 4.90 Å². The minimum absolute atomic E-state index is 0.0739. The molecule has 0 aliphatic carbocycles. The molecule has 2 aromatic carbocycles. The smallest absolute Gasteiger partial charge is 0.335 e. The van der Waals surface area contributed by atoms with Crippen LogP contribution >= 0.6 is 0 Å². The Kier molecular flexibility index (Phi) is 7.70. The number of nitrogens with zero attached hydrogens (tertiary/aromatic N) is 1. The number of carboxylic acids is 1. The first-order chi connectivity index (χ1) is 14.0. The van der Waals surface area contributed by atoms with Gasteiger partial charge in [-0.25, -0.2) is 4.79 Å². The number of aliphatic hydroxyl groups excluding tert-OH is 1.